The van der Waals surface area contributed by atoms with Crippen LogP contribution >= 0.6 is 11.3 Å². The van der Waals surface area contributed by atoms with Gasteiger partial charge in [-0.25, -0.2) is 9.78 Å². The number of carbonyl (C=O) groups excluding carboxylic acids is 1. The number of hydrogen-bond acceptors (Lipinski definition) is 5. The number of hydrogen-bond donors (Lipinski definition) is 0. The maximum Gasteiger partial charge on any atom is 0.331 e. The van der Waals surface area contributed by atoms with Crippen molar-refractivity contribution in [3.8, 4) is 22.5 Å². The zero-order valence-corrected chi connectivity index (χ0v) is 18.8. The fourth-order valence-corrected chi connectivity index (χ4v) is 4.57. The lowest BCUT2D eigenvalue weighted by Crippen LogP contribution is -2.45. The van der Waals surface area contributed by atoms with Crippen LogP contribution in [-0.2, 0) is 15.1 Å². The minimum atomic E-state index is -1.23. The van der Waals surface area contributed by atoms with Crippen LogP contribution in [0.5, 0.6) is 0 Å². The Morgan fingerprint density at radius 1 is 1.06 bits per heavy atom. The lowest BCUT2D eigenvalue weighted by Gasteiger charge is -2.27. The molecule has 2 aromatic carbocycles. The molecule has 2 heterocycles. The number of benzene rings is 2. The van der Waals surface area contributed by atoms with Gasteiger partial charge in [0.05, 0.1) is 12.0 Å². The van der Waals surface area contributed by atoms with Gasteiger partial charge in [-0.1, -0.05) is 60.2 Å². The highest BCUT2D eigenvalue weighted by Gasteiger charge is 2.36. The number of esters is 1. The summed E-state index contributed by atoms with van der Waals surface area (Å²) in [5.41, 5.74) is 2.21. The second-order valence-corrected chi connectivity index (χ2v) is 8.78. The van der Waals surface area contributed by atoms with E-state index in [0.29, 0.717) is 16.0 Å². The Bertz CT molecular complexity index is 1300. The van der Waals surface area contributed by atoms with Gasteiger partial charge in [0, 0.05) is 16.5 Å². The number of carbonyl (C=O) groups is 1. The topological polar surface area (TPSA) is 61.2 Å². The maximum atomic E-state index is 13.9. The molecule has 0 amide bonds. The number of thiophene rings is 1. The van der Waals surface area contributed by atoms with E-state index in [1.54, 1.807) is 20.8 Å². The molecule has 0 bridgehead atoms. The first-order valence-electron chi connectivity index (χ1n) is 10.2. The molecular formula is C25H24N2O3S. The molecule has 2 aromatic heterocycles. The van der Waals surface area contributed by atoms with Gasteiger partial charge in [-0.15, -0.1) is 11.3 Å². The van der Waals surface area contributed by atoms with Crippen LogP contribution < -0.4 is 5.56 Å². The van der Waals surface area contributed by atoms with Gasteiger partial charge in [0.25, 0.3) is 5.56 Å². The summed E-state index contributed by atoms with van der Waals surface area (Å²) in [6.45, 7) is 7.41. The highest BCUT2D eigenvalue weighted by atomic mass is 32.1. The Hall–Kier alpha value is -3.25. The van der Waals surface area contributed by atoms with Crippen molar-refractivity contribution < 1.29 is 9.53 Å². The van der Waals surface area contributed by atoms with Crippen LogP contribution in [0.3, 0.4) is 0 Å². The number of ether oxygens (including phenoxy) is 1. The van der Waals surface area contributed by atoms with Crippen molar-refractivity contribution in [3.63, 3.8) is 0 Å². The third kappa shape index (κ3) is 3.68. The molecule has 0 N–H and O–H groups in total. The third-order valence-electron chi connectivity index (χ3n) is 5.34. The highest BCUT2D eigenvalue weighted by molar-refractivity contribution is 7.17. The minimum absolute atomic E-state index is 0.237. The SMILES string of the molecule is CCOC(=O)C(C)(C)n1c(-c2ccccc2)nc2scc(-c3ccc(C)cc3)c2c1=O. The Morgan fingerprint density at radius 3 is 2.39 bits per heavy atom. The molecule has 0 aliphatic rings. The standard InChI is InChI=1S/C25H24N2O3S/c1-5-30-24(29)25(3,4)27-21(18-9-7-6-8-10-18)26-22-20(23(27)28)19(15-31-22)17-13-11-16(2)12-14-17/h6-15H,5H2,1-4H3. The summed E-state index contributed by atoms with van der Waals surface area (Å²) >= 11 is 1.43. The molecule has 5 nitrogen and oxygen atoms in total. The average Bonchev–Trinajstić information content (AvgIpc) is 3.19. The van der Waals surface area contributed by atoms with Gasteiger partial charge in [-0.3, -0.25) is 9.36 Å². The van der Waals surface area contributed by atoms with E-state index < -0.39 is 11.5 Å². The molecule has 4 aromatic rings. The molecule has 31 heavy (non-hydrogen) atoms. The van der Waals surface area contributed by atoms with Crippen LogP contribution in [-0.4, -0.2) is 22.1 Å². The smallest absolute Gasteiger partial charge is 0.331 e. The van der Waals surface area contributed by atoms with E-state index in [-0.39, 0.29) is 12.2 Å². The third-order valence-corrected chi connectivity index (χ3v) is 6.21. The molecule has 6 heteroatoms. The normalized spacial score (nSPS) is 11.6. The van der Waals surface area contributed by atoms with Crippen LogP contribution in [0.2, 0.25) is 0 Å². The number of aromatic nitrogens is 2. The quantitative estimate of drug-likeness (QED) is 0.396. The first-order chi connectivity index (χ1) is 14.8. The predicted octanol–water partition coefficient (Wildman–Crippen LogP) is 5.40. The van der Waals surface area contributed by atoms with Crippen molar-refractivity contribution in [2.45, 2.75) is 33.2 Å². The Morgan fingerprint density at radius 2 is 1.74 bits per heavy atom. The second-order valence-electron chi connectivity index (χ2n) is 7.92. The Kier molecular flexibility index (Phi) is 5.50. The van der Waals surface area contributed by atoms with E-state index in [9.17, 15) is 9.59 Å². The van der Waals surface area contributed by atoms with E-state index in [4.69, 9.17) is 9.72 Å². The molecule has 0 spiro atoms. The molecule has 0 atom stereocenters. The Labute approximate surface area is 185 Å². The van der Waals surface area contributed by atoms with Crippen LogP contribution in [0.4, 0.5) is 0 Å². The number of aryl methyl sites for hydroxylation is 1. The lowest BCUT2D eigenvalue weighted by molar-refractivity contribution is -0.152. The molecule has 0 aliphatic heterocycles. The predicted molar refractivity (Wildman–Crippen MR) is 125 cm³/mol. The molecular weight excluding hydrogens is 408 g/mol. The van der Waals surface area contributed by atoms with Crippen LogP contribution in [0.25, 0.3) is 32.7 Å². The first kappa shape index (κ1) is 21.0. The van der Waals surface area contributed by atoms with Crippen molar-refractivity contribution in [2.24, 2.45) is 0 Å². The monoisotopic (exact) mass is 432 g/mol. The van der Waals surface area contributed by atoms with Gasteiger partial charge >= 0.3 is 5.97 Å². The van der Waals surface area contributed by atoms with Crippen LogP contribution in [0.15, 0.2) is 64.8 Å². The fraction of sp³-hybridized carbons (Fsp3) is 0.240. The van der Waals surface area contributed by atoms with Crippen LogP contribution in [0, 0.1) is 6.92 Å². The summed E-state index contributed by atoms with van der Waals surface area (Å²) in [5.74, 6) is -0.0176. The summed E-state index contributed by atoms with van der Waals surface area (Å²) < 4.78 is 6.78. The summed E-state index contributed by atoms with van der Waals surface area (Å²) in [5, 5.41) is 2.48. The van der Waals surface area contributed by atoms with Gasteiger partial charge < -0.3 is 4.74 Å². The second kappa shape index (κ2) is 8.12. The summed E-state index contributed by atoms with van der Waals surface area (Å²) in [7, 11) is 0. The van der Waals surface area contributed by atoms with Gasteiger partial charge in [-0.2, -0.15) is 0 Å². The van der Waals surface area contributed by atoms with E-state index in [1.807, 2.05) is 66.9 Å². The molecule has 0 radical (unpaired) electrons. The van der Waals surface area contributed by atoms with Gasteiger partial charge in [-0.05, 0) is 33.3 Å². The van der Waals surface area contributed by atoms with E-state index in [2.05, 4.69) is 0 Å². The molecule has 4 rings (SSSR count). The first-order valence-corrected chi connectivity index (χ1v) is 11.1. The number of fused-ring (bicyclic) bond motifs is 1. The molecule has 158 valence electrons. The van der Waals surface area contributed by atoms with Crippen LogP contribution in [0.1, 0.15) is 26.3 Å². The van der Waals surface area contributed by atoms with Crippen molar-refractivity contribution in [3.05, 3.63) is 75.9 Å². The molecule has 0 saturated heterocycles. The summed E-state index contributed by atoms with van der Waals surface area (Å²) in [6, 6.07) is 17.5. The van der Waals surface area contributed by atoms with Gasteiger partial charge in [0.2, 0.25) is 0 Å². The molecule has 0 aliphatic carbocycles. The summed E-state index contributed by atoms with van der Waals surface area (Å²) in [6.07, 6.45) is 0. The highest BCUT2D eigenvalue weighted by Crippen LogP contribution is 2.34. The molecule has 0 unspecified atom stereocenters. The average molecular weight is 433 g/mol. The van der Waals surface area contributed by atoms with Gasteiger partial charge in [0.15, 0.2) is 0 Å². The summed E-state index contributed by atoms with van der Waals surface area (Å²) in [4.78, 5) is 32.3. The van der Waals surface area contributed by atoms with E-state index in [0.717, 1.165) is 22.3 Å². The molecule has 0 fully saturated rings. The van der Waals surface area contributed by atoms with Gasteiger partial charge in [0.1, 0.15) is 16.2 Å². The van der Waals surface area contributed by atoms with Crippen molar-refractivity contribution >= 4 is 27.5 Å². The Balaban J connectivity index is 2.05. The number of rotatable bonds is 5. The number of nitrogens with zero attached hydrogens (tertiary/aromatic N) is 2. The fourth-order valence-electron chi connectivity index (χ4n) is 3.63. The maximum absolute atomic E-state index is 13.9. The van der Waals surface area contributed by atoms with E-state index in [1.165, 1.54) is 15.9 Å². The van der Waals surface area contributed by atoms with E-state index >= 15 is 0 Å². The zero-order valence-electron chi connectivity index (χ0n) is 18.0. The lowest BCUT2D eigenvalue weighted by atomic mass is 10.0. The van der Waals surface area contributed by atoms with Crippen molar-refractivity contribution in [2.75, 3.05) is 6.61 Å². The minimum Gasteiger partial charge on any atom is -0.464 e. The largest absolute Gasteiger partial charge is 0.464 e. The molecule has 0 saturated carbocycles. The zero-order chi connectivity index (χ0) is 22.2. The van der Waals surface area contributed by atoms with Crippen molar-refractivity contribution in [1.29, 1.82) is 0 Å². The van der Waals surface area contributed by atoms with Crippen molar-refractivity contribution in [1.82, 2.24) is 9.55 Å².